The highest BCUT2D eigenvalue weighted by Crippen LogP contribution is 2.47. The number of ether oxygens (including phenoxy) is 2. The van der Waals surface area contributed by atoms with Gasteiger partial charge in [-0.25, -0.2) is 13.4 Å². The van der Waals surface area contributed by atoms with Crippen LogP contribution in [0.15, 0.2) is 53.4 Å². The molecule has 0 radical (unpaired) electrons. The van der Waals surface area contributed by atoms with E-state index in [1.165, 1.54) is 19.3 Å². The lowest BCUT2D eigenvalue weighted by atomic mass is 9.64. The fourth-order valence-electron chi connectivity index (χ4n) is 5.99. The van der Waals surface area contributed by atoms with Crippen LogP contribution >= 0.6 is 0 Å². The van der Waals surface area contributed by atoms with Crippen LogP contribution < -0.4 is 9.47 Å². The van der Waals surface area contributed by atoms with Crippen molar-refractivity contribution in [2.75, 3.05) is 33.3 Å². The Morgan fingerprint density at radius 1 is 0.946 bits per heavy atom. The maximum Gasteiger partial charge on any atom is 0.243 e. The summed E-state index contributed by atoms with van der Waals surface area (Å²) in [5.74, 6) is 3.59. The third-order valence-electron chi connectivity index (χ3n) is 8.40. The first-order chi connectivity index (χ1) is 17.9. The molecule has 2 aromatic carbocycles. The highest BCUT2D eigenvalue weighted by Gasteiger charge is 2.41. The molecule has 2 unspecified atom stereocenters. The first-order valence-electron chi connectivity index (χ1n) is 13.2. The first-order valence-corrected chi connectivity index (χ1v) is 14.7. The van der Waals surface area contributed by atoms with Crippen molar-refractivity contribution in [2.45, 2.75) is 49.6 Å². The van der Waals surface area contributed by atoms with Crippen LogP contribution in [0.1, 0.15) is 44.5 Å². The zero-order chi connectivity index (χ0) is 25.6. The number of hydrogen-bond acceptors (Lipinski definition) is 7. The molecule has 1 aromatic heterocycles. The van der Waals surface area contributed by atoms with Crippen LogP contribution in [0.5, 0.6) is 11.6 Å². The predicted octanol–water partition coefficient (Wildman–Crippen LogP) is 4.27. The maximum absolute atomic E-state index is 13.2. The van der Waals surface area contributed by atoms with E-state index in [0.29, 0.717) is 43.7 Å². The van der Waals surface area contributed by atoms with Crippen LogP contribution in [0, 0.1) is 11.8 Å². The molecule has 7 rings (SSSR count). The van der Waals surface area contributed by atoms with Crippen molar-refractivity contribution in [1.82, 2.24) is 19.2 Å². The van der Waals surface area contributed by atoms with Gasteiger partial charge in [0.2, 0.25) is 15.9 Å². The zero-order valence-corrected chi connectivity index (χ0v) is 22.2. The molecule has 9 heteroatoms. The number of fused-ring (bicyclic) bond motifs is 3. The molecule has 4 fully saturated rings. The molecule has 0 amide bonds. The maximum atomic E-state index is 13.2. The SMILES string of the molecule is COc1ccc(S(=O)(=O)N2CCN(C(C)c3nc(OC4CCC5CC4C5)c4ccccc4n3)CC2)cc1. The summed E-state index contributed by atoms with van der Waals surface area (Å²) < 4.78 is 39.6. The van der Waals surface area contributed by atoms with E-state index >= 15 is 0 Å². The van der Waals surface area contributed by atoms with E-state index in [-0.39, 0.29) is 17.0 Å². The normalized spacial score (nSPS) is 25.4. The Hall–Kier alpha value is -2.75. The zero-order valence-electron chi connectivity index (χ0n) is 21.4. The summed E-state index contributed by atoms with van der Waals surface area (Å²) in [5, 5.41) is 0.954. The number of piperazine rings is 1. The second-order valence-corrected chi connectivity index (χ2v) is 12.5. The molecule has 2 heterocycles. The second-order valence-electron chi connectivity index (χ2n) is 10.5. The highest BCUT2D eigenvalue weighted by molar-refractivity contribution is 7.89. The number of hydrogen-bond donors (Lipinski definition) is 0. The van der Waals surface area contributed by atoms with Gasteiger partial charge in [0.15, 0.2) is 0 Å². The van der Waals surface area contributed by atoms with Crippen molar-refractivity contribution >= 4 is 20.9 Å². The van der Waals surface area contributed by atoms with Gasteiger partial charge in [0.1, 0.15) is 17.7 Å². The van der Waals surface area contributed by atoms with Crippen LogP contribution in [-0.2, 0) is 10.0 Å². The average Bonchev–Trinajstić information content (AvgIpc) is 2.92. The number of nitrogens with zero attached hydrogens (tertiary/aromatic N) is 4. The van der Waals surface area contributed by atoms with Gasteiger partial charge < -0.3 is 9.47 Å². The molecule has 0 spiro atoms. The van der Waals surface area contributed by atoms with Crippen molar-refractivity contribution < 1.29 is 17.9 Å². The minimum absolute atomic E-state index is 0.0581. The Morgan fingerprint density at radius 2 is 1.68 bits per heavy atom. The average molecular weight is 523 g/mol. The van der Waals surface area contributed by atoms with Gasteiger partial charge in [-0.3, -0.25) is 4.90 Å². The Balaban J connectivity index is 1.18. The van der Waals surface area contributed by atoms with Crippen molar-refractivity contribution in [3.8, 4) is 11.6 Å². The summed E-state index contributed by atoms with van der Waals surface area (Å²) in [7, 11) is -1.99. The Morgan fingerprint density at radius 3 is 2.35 bits per heavy atom. The molecule has 1 saturated heterocycles. The van der Waals surface area contributed by atoms with Crippen molar-refractivity contribution in [3.63, 3.8) is 0 Å². The standard InChI is InChI=1S/C28H34N4O4S/c1-19(31-13-15-32(16-14-31)37(33,34)23-10-8-22(35-2)9-11-23)27-29-25-6-4-3-5-24(25)28(30-27)36-26-12-7-20-17-21(26)18-20/h3-6,8-11,19-21,26H,7,12-18H2,1-2H3. The molecule has 2 atom stereocenters. The Bertz CT molecular complexity index is 1360. The van der Waals surface area contributed by atoms with Gasteiger partial charge in [0.05, 0.1) is 29.0 Å². The van der Waals surface area contributed by atoms with Crippen molar-refractivity contribution in [1.29, 1.82) is 0 Å². The molecule has 3 saturated carbocycles. The van der Waals surface area contributed by atoms with Gasteiger partial charge in [-0.2, -0.15) is 9.29 Å². The van der Waals surface area contributed by atoms with E-state index < -0.39 is 10.0 Å². The molecule has 37 heavy (non-hydrogen) atoms. The molecular formula is C28H34N4O4S. The summed E-state index contributed by atoms with van der Waals surface area (Å²) in [6.45, 7) is 4.14. The summed E-state index contributed by atoms with van der Waals surface area (Å²) in [5.41, 5.74) is 0.886. The van der Waals surface area contributed by atoms with Crippen molar-refractivity contribution in [3.05, 3.63) is 54.4 Å². The summed E-state index contributed by atoms with van der Waals surface area (Å²) in [6.07, 6.45) is 5.14. The molecule has 196 valence electrons. The monoisotopic (exact) mass is 522 g/mol. The lowest BCUT2D eigenvalue weighted by Gasteiger charge is -2.46. The Kier molecular flexibility index (Phi) is 6.54. The molecule has 1 aliphatic heterocycles. The van der Waals surface area contributed by atoms with Crippen LogP contribution in [0.3, 0.4) is 0 Å². The van der Waals surface area contributed by atoms with E-state index in [1.807, 2.05) is 24.3 Å². The summed E-state index contributed by atoms with van der Waals surface area (Å²) in [6, 6.07) is 14.5. The van der Waals surface area contributed by atoms with E-state index in [9.17, 15) is 8.42 Å². The number of para-hydroxylation sites is 1. The van der Waals surface area contributed by atoms with Crippen LogP contribution in [-0.4, -0.2) is 67.0 Å². The number of methoxy groups -OCH3 is 1. The van der Waals surface area contributed by atoms with Gasteiger partial charge in [0.25, 0.3) is 0 Å². The van der Waals surface area contributed by atoms with E-state index in [0.717, 1.165) is 29.1 Å². The van der Waals surface area contributed by atoms with Crippen LogP contribution in [0.2, 0.25) is 0 Å². The largest absolute Gasteiger partial charge is 0.497 e. The van der Waals surface area contributed by atoms with Gasteiger partial charge in [-0.05, 0) is 80.8 Å². The predicted molar refractivity (Wildman–Crippen MR) is 141 cm³/mol. The second kappa shape index (κ2) is 9.85. The lowest BCUT2D eigenvalue weighted by Crippen LogP contribution is -2.49. The lowest BCUT2D eigenvalue weighted by molar-refractivity contribution is -0.0136. The van der Waals surface area contributed by atoms with E-state index in [4.69, 9.17) is 19.4 Å². The minimum Gasteiger partial charge on any atom is -0.497 e. The minimum atomic E-state index is -3.55. The quantitative estimate of drug-likeness (QED) is 0.458. The van der Waals surface area contributed by atoms with E-state index in [2.05, 4.69) is 11.8 Å². The third kappa shape index (κ3) is 4.69. The number of sulfonamides is 1. The fourth-order valence-corrected chi connectivity index (χ4v) is 7.42. The van der Waals surface area contributed by atoms with Gasteiger partial charge in [-0.1, -0.05) is 12.1 Å². The third-order valence-corrected chi connectivity index (χ3v) is 10.3. The molecule has 0 N–H and O–H groups in total. The Labute approximate surface area is 218 Å². The van der Waals surface area contributed by atoms with Crippen LogP contribution in [0.4, 0.5) is 0 Å². The van der Waals surface area contributed by atoms with Crippen LogP contribution in [0.25, 0.3) is 10.9 Å². The molecule has 3 aromatic rings. The first kappa shape index (κ1) is 24.6. The number of rotatable bonds is 7. The van der Waals surface area contributed by atoms with Gasteiger partial charge in [0, 0.05) is 26.2 Å². The molecule has 2 bridgehead atoms. The molecule has 4 aliphatic rings. The summed E-state index contributed by atoms with van der Waals surface area (Å²) >= 11 is 0. The smallest absolute Gasteiger partial charge is 0.243 e. The molecule has 3 aliphatic carbocycles. The van der Waals surface area contributed by atoms with Gasteiger partial charge >= 0.3 is 0 Å². The summed E-state index contributed by atoms with van der Waals surface area (Å²) in [4.78, 5) is 12.4. The number of aromatic nitrogens is 2. The number of benzene rings is 2. The van der Waals surface area contributed by atoms with E-state index in [1.54, 1.807) is 35.7 Å². The fraction of sp³-hybridized carbons (Fsp3) is 0.500. The van der Waals surface area contributed by atoms with Gasteiger partial charge in [-0.15, -0.1) is 0 Å². The highest BCUT2D eigenvalue weighted by atomic mass is 32.2. The molecular weight excluding hydrogens is 488 g/mol. The molecule has 8 nitrogen and oxygen atoms in total. The topological polar surface area (TPSA) is 84.9 Å². The van der Waals surface area contributed by atoms with Crippen molar-refractivity contribution in [2.24, 2.45) is 11.8 Å².